The zero-order chi connectivity index (χ0) is 18.3. The van der Waals surface area contributed by atoms with Gasteiger partial charge in [0.2, 0.25) is 0 Å². The predicted molar refractivity (Wildman–Crippen MR) is 105 cm³/mol. The Kier molecular flexibility index (Phi) is 23.7. The number of ether oxygens (including phenoxy) is 4. The summed E-state index contributed by atoms with van der Waals surface area (Å²) in [6.45, 7) is 10.2. The van der Waals surface area contributed by atoms with Crippen molar-refractivity contribution in [2.75, 3.05) is 52.9 Å². The van der Waals surface area contributed by atoms with Crippen LogP contribution in [0.1, 0.15) is 84.5 Å². The summed E-state index contributed by atoms with van der Waals surface area (Å²) in [7, 11) is 0. The topological polar surface area (TPSA) is 36.9 Å². The van der Waals surface area contributed by atoms with Crippen LogP contribution in [-0.2, 0) is 18.9 Å². The first-order valence-electron chi connectivity index (χ1n) is 10.7. The molecule has 152 valence electrons. The van der Waals surface area contributed by atoms with Crippen molar-refractivity contribution in [1.29, 1.82) is 0 Å². The Hall–Kier alpha value is -0.160. The third-order valence-electron chi connectivity index (χ3n) is 4.15. The van der Waals surface area contributed by atoms with E-state index in [2.05, 4.69) is 13.8 Å². The summed E-state index contributed by atoms with van der Waals surface area (Å²) in [6, 6.07) is 0. The van der Waals surface area contributed by atoms with Gasteiger partial charge in [-0.25, -0.2) is 0 Å². The van der Waals surface area contributed by atoms with Crippen LogP contribution in [0.3, 0.4) is 0 Å². The fraction of sp³-hybridized carbons (Fsp3) is 1.00. The summed E-state index contributed by atoms with van der Waals surface area (Å²) < 4.78 is 22.1. The second-order valence-electron chi connectivity index (χ2n) is 6.63. The SMILES string of the molecule is CCCCCCCCOCCOCCOCCOCCCCCCC. The first kappa shape index (κ1) is 24.8. The van der Waals surface area contributed by atoms with Crippen LogP contribution >= 0.6 is 0 Å². The van der Waals surface area contributed by atoms with Crippen LogP contribution in [-0.4, -0.2) is 52.9 Å². The van der Waals surface area contributed by atoms with Crippen molar-refractivity contribution >= 4 is 0 Å². The highest BCUT2D eigenvalue weighted by Gasteiger charge is 1.94. The molecule has 0 heterocycles. The van der Waals surface area contributed by atoms with Gasteiger partial charge in [-0.3, -0.25) is 0 Å². The minimum absolute atomic E-state index is 0.636. The Morgan fingerprint density at radius 1 is 0.320 bits per heavy atom. The van der Waals surface area contributed by atoms with Crippen LogP contribution in [0, 0.1) is 0 Å². The lowest BCUT2D eigenvalue weighted by molar-refractivity contribution is -0.00248. The summed E-state index contributed by atoms with van der Waals surface area (Å²) >= 11 is 0. The van der Waals surface area contributed by atoms with Gasteiger partial charge in [-0.1, -0.05) is 71.6 Å². The molecule has 0 unspecified atom stereocenters. The molecule has 0 fully saturated rings. The van der Waals surface area contributed by atoms with E-state index in [0.29, 0.717) is 39.6 Å². The third-order valence-corrected chi connectivity index (χ3v) is 4.15. The van der Waals surface area contributed by atoms with E-state index in [1.165, 1.54) is 70.6 Å². The largest absolute Gasteiger partial charge is 0.379 e. The summed E-state index contributed by atoms with van der Waals surface area (Å²) in [6.07, 6.45) is 14.3. The molecule has 0 aliphatic rings. The highest BCUT2D eigenvalue weighted by atomic mass is 16.6. The number of hydrogen-bond donors (Lipinski definition) is 0. The Morgan fingerprint density at radius 3 is 0.960 bits per heavy atom. The summed E-state index contributed by atoms with van der Waals surface area (Å²) in [5.41, 5.74) is 0. The molecule has 4 heteroatoms. The van der Waals surface area contributed by atoms with E-state index in [9.17, 15) is 0 Å². The molecule has 0 saturated carbocycles. The van der Waals surface area contributed by atoms with Gasteiger partial charge in [-0.05, 0) is 12.8 Å². The fourth-order valence-corrected chi connectivity index (χ4v) is 2.55. The molecule has 0 aliphatic carbocycles. The summed E-state index contributed by atoms with van der Waals surface area (Å²) in [5, 5.41) is 0. The van der Waals surface area contributed by atoms with Crippen LogP contribution in [0.25, 0.3) is 0 Å². The second kappa shape index (κ2) is 23.8. The van der Waals surface area contributed by atoms with E-state index >= 15 is 0 Å². The normalized spacial score (nSPS) is 11.3. The van der Waals surface area contributed by atoms with E-state index in [4.69, 9.17) is 18.9 Å². The van der Waals surface area contributed by atoms with Gasteiger partial charge in [0.1, 0.15) is 0 Å². The van der Waals surface area contributed by atoms with Crippen molar-refractivity contribution in [2.45, 2.75) is 84.5 Å². The lowest BCUT2D eigenvalue weighted by Crippen LogP contribution is -2.12. The zero-order valence-electron chi connectivity index (χ0n) is 17.1. The van der Waals surface area contributed by atoms with Crippen LogP contribution in [0.15, 0.2) is 0 Å². The average Bonchev–Trinajstić information content (AvgIpc) is 2.63. The monoisotopic (exact) mass is 360 g/mol. The molecule has 0 bridgehead atoms. The highest BCUT2D eigenvalue weighted by molar-refractivity contribution is 4.44. The molecule has 0 spiro atoms. The van der Waals surface area contributed by atoms with E-state index in [-0.39, 0.29) is 0 Å². The van der Waals surface area contributed by atoms with Crippen molar-refractivity contribution in [3.05, 3.63) is 0 Å². The Morgan fingerprint density at radius 2 is 0.600 bits per heavy atom. The third kappa shape index (κ3) is 23.8. The molecule has 0 aliphatic heterocycles. The Balaban J connectivity index is 2.94. The maximum atomic E-state index is 5.56. The molecule has 0 amide bonds. The first-order chi connectivity index (χ1) is 12.4. The Bertz CT molecular complexity index is 202. The van der Waals surface area contributed by atoms with E-state index in [0.717, 1.165) is 13.2 Å². The molecule has 0 radical (unpaired) electrons. The van der Waals surface area contributed by atoms with Crippen LogP contribution in [0.2, 0.25) is 0 Å². The maximum Gasteiger partial charge on any atom is 0.0701 e. The average molecular weight is 361 g/mol. The quantitative estimate of drug-likeness (QED) is 0.243. The van der Waals surface area contributed by atoms with Crippen LogP contribution in [0.4, 0.5) is 0 Å². The van der Waals surface area contributed by atoms with Gasteiger partial charge in [0.25, 0.3) is 0 Å². The summed E-state index contributed by atoms with van der Waals surface area (Å²) in [4.78, 5) is 0. The molecule has 0 N–H and O–H groups in total. The molecule has 0 atom stereocenters. The highest BCUT2D eigenvalue weighted by Crippen LogP contribution is 2.04. The molecule has 0 rings (SSSR count). The van der Waals surface area contributed by atoms with E-state index in [1.54, 1.807) is 0 Å². The van der Waals surface area contributed by atoms with Gasteiger partial charge in [0.15, 0.2) is 0 Å². The van der Waals surface area contributed by atoms with Crippen molar-refractivity contribution in [3.63, 3.8) is 0 Å². The number of rotatable bonds is 22. The van der Waals surface area contributed by atoms with Crippen molar-refractivity contribution in [3.8, 4) is 0 Å². The predicted octanol–water partition coefficient (Wildman–Crippen LogP) is 5.38. The summed E-state index contributed by atoms with van der Waals surface area (Å²) in [5.74, 6) is 0. The van der Waals surface area contributed by atoms with Crippen LogP contribution < -0.4 is 0 Å². The molecule has 4 nitrogen and oxygen atoms in total. The molecule has 0 aromatic carbocycles. The molecule has 25 heavy (non-hydrogen) atoms. The number of unbranched alkanes of at least 4 members (excludes halogenated alkanes) is 9. The standard InChI is InChI=1S/C21H44O4/c1-3-5-7-9-11-13-15-23-17-19-25-21-20-24-18-16-22-14-12-10-8-6-4-2/h3-21H2,1-2H3. The molecule has 0 saturated heterocycles. The fourth-order valence-electron chi connectivity index (χ4n) is 2.55. The van der Waals surface area contributed by atoms with Crippen molar-refractivity contribution in [2.24, 2.45) is 0 Å². The maximum absolute atomic E-state index is 5.56. The van der Waals surface area contributed by atoms with Gasteiger partial charge in [0, 0.05) is 13.2 Å². The van der Waals surface area contributed by atoms with Gasteiger partial charge in [-0.15, -0.1) is 0 Å². The lowest BCUT2D eigenvalue weighted by atomic mass is 10.1. The second-order valence-corrected chi connectivity index (χ2v) is 6.63. The van der Waals surface area contributed by atoms with Gasteiger partial charge in [-0.2, -0.15) is 0 Å². The molecular weight excluding hydrogens is 316 g/mol. The van der Waals surface area contributed by atoms with Crippen LogP contribution in [0.5, 0.6) is 0 Å². The molecular formula is C21H44O4. The minimum Gasteiger partial charge on any atom is -0.379 e. The van der Waals surface area contributed by atoms with Crippen molar-refractivity contribution < 1.29 is 18.9 Å². The van der Waals surface area contributed by atoms with Crippen molar-refractivity contribution in [1.82, 2.24) is 0 Å². The van der Waals surface area contributed by atoms with E-state index < -0.39 is 0 Å². The lowest BCUT2D eigenvalue weighted by Gasteiger charge is -2.07. The van der Waals surface area contributed by atoms with Gasteiger partial charge < -0.3 is 18.9 Å². The number of hydrogen-bond acceptors (Lipinski definition) is 4. The van der Waals surface area contributed by atoms with Gasteiger partial charge in [0.05, 0.1) is 39.6 Å². The smallest absolute Gasteiger partial charge is 0.0701 e. The zero-order valence-corrected chi connectivity index (χ0v) is 17.1. The molecule has 0 aromatic heterocycles. The van der Waals surface area contributed by atoms with E-state index in [1.807, 2.05) is 0 Å². The first-order valence-corrected chi connectivity index (χ1v) is 10.7. The minimum atomic E-state index is 0.636. The molecule has 0 aromatic rings. The Labute approximate surface area is 156 Å². The van der Waals surface area contributed by atoms with Gasteiger partial charge >= 0.3 is 0 Å².